The molecule has 0 aromatic heterocycles. The van der Waals surface area contributed by atoms with Crippen LogP contribution in [0.25, 0.3) is 0 Å². The average Bonchev–Trinajstić information content (AvgIpc) is 2.40. The molecule has 1 unspecified atom stereocenters. The molecule has 2 heteroatoms. The second kappa shape index (κ2) is 5.69. The molecule has 0 saturated heterocycles. The first-order chi connectivity index (χ1) is 8.27. The smallest absolute Gasteiger partial charge is 0.171 e. The fraction of sp³-hybridized carbons (Fsp3) is 0.133. The van der Waals surface area contributed by atoms with Gasteiger partial charge < -0.3 is 0 Å². The van der Waals surface area contributed by atoms with Crippen molar-refractivity contribution in [1.29, 1.82) is 0 Å². The first-order valence-electron chi connectivity index (χ1n) is 5.62. The van der Waals surface area contributed by atoms with E-state index in [1.54, 1.807) is 0 Å². The van der Waals surface area contributed by atoms with Crippen molar-refractivity contribution in [3.05, 3.63) is 66.2 Å². The van der Waals surface area contributed by atoms with Gasteiger partial charge in [-0.2, -0.15) is 0 Å². The summed E-state index contributed by atoms with van der Waals surface area (Å²) in [5.41, 5.74) is 0.817. The number of rotatable bonds is 4. The highest BCUT2D eigenvalue weighted by atomic mass is 32.2. The number of ketones is 1. The molecule has 2 aromatic rings. The van der Waals surface area contributed by atoms with Crippen LogP contribution in [0.3, 0.4) is 0 Å². The van der Waals surface area contributed by atoms with Gasteiger partial charge in [0.1, 0.15) is 0 Å². The van der Waals surface area contributed by atoms with E-state index in [0.717, 1.165) is 5.56 Å². The van der Waals surface area contributed by atoms with E-state index in [2.05, 4.69) is 18.4 Å². The summed E-state index contributed by atoms with van der Waals surface area (Å²) < 4.78 is 0. The van der Waals surface area contributed by atoms with Crippen LogP contribution in [0, 0.1) is 0 Å². The Morgan fingerprint density at radius 3 is 2.06 bits per heavy atom. The maximum atomic E-state index is 12.0. The van der Waals surface area contributed by atoms with Crippen LogP contribution in [-0.2, 0) is 0 Å². The lowest BCUT2D eigenvalue weighted by molar-refractivity contribution is 0.102. The molecule has 0 bridgehead atoms. The Morgan fingerprint density at radius 1 is 0.941 bits per heavy atom. The minimum Gasteiger partial charge on any atom is -0.293 e. The van der Waals surface area contributed by atoms with Crippen LogP contribution in [-0.4, -0.2) is 17.8 Å². The van der Waals surface area contributed by atoms with Crippen molar-refractivity contribution in [1.82, 2.24) is 0 Å². The van der Waals surface area contributed by atoms with Crippen molar-refractivity contribution in [2.45, 2.75) is 4.90 Å². The van der Waals surface area contributed by atoms with Gasteiger partial charge in [-0.25, -0.2) is 10.9 Å². The van der Waals surface area contributed by atoms with Crippen LogP contribution in [0.2, 0.25) is 0 Å². The lowest BCUT2D eigenvalue weighted by atomic mass is 10.2. The standard InChI is InChI=1S/C15H16OS/c1-17(14-10-6-3-7-11-14)12-15(16)13-8-4-2-5-9-13/h2-11,17H,12H2,1H3. The predicted molar refractivity (Wildman–Crippen MR) is 75.3 cm³/mol. The topological polar surface area (TPSA) is 17.1 Å². The Balaban J connectivity index is 2.05. The van der Waals surface area contributed by atoms with E-state index in [0.29, 0.717) is 5.75 Å². The van der Waals surface area contributed by atoms with Gasteiger partial charge in [0.2, 0.25) is 0 Å². The Bertz CT molecular complexity index is 479. The van der Waals surface area contributed by atoms with Crippen LogP contribution in [0.15, 0.2) is 65.6 Å². The molecule has 1 atom stereocenters. The second-order valence-corrected chi connectivity index (χ2v) is 6.21. The number of thiol groups is 1. The number of hydrogen-bond acceptors (Lipinski definition) is 1. The van der Waals surface area contributed by atoms with Crippen molar-refractivity contribution in [2.24, 2.45) is 0 Å². The zero-order valence-electron chi connectivity index (χ0n) is 9.84. The van der Waals surface area contributed by atoms with E-state index in [-0.39, 0.29) is 16.7 Å². The third-order valence-electron chi connectivity index (χ3n) is 2.67. The number of benzene rings is 2. The van der Waals surface area contributed by atoms with E-state index in [4.69, 9.17) is 0 Å². The first kappa shape index (κ1) is 11.9. The van der Waals surface area contributed by atoms with Crippen LogP contribution in [0.4, 0.5) is 0 Å². The van der Waals surface area contributed by atoms with Crippen molar-refractivity contribution in [3.8, 4) is 0 Å². The fourth-order valence-electron chi connectivity index (χ4n) is 1.70. The zero-order valence-corrected chi connectivity index (χ0v) is 10.7. The van der Waals surface area contributed by atoms with E-state index in [1.165, 1.54) is 4.90 Å². The van der Waals surface area contributed by atoms with E-state index >= 15 is 0 Å². The molecule has 0 aliphatic carbocycles. The molecule has 0 N–H and O–H groups in total. The van der Waals surface area contributed by atoms with E-state index < -0.39 is 0 Å². The average molecular weight is 244 g/mol. The third-order valence-corrected chi connectivity index (χ3v) is 4.61. The van der Waals surface area contributed by atoms with Crippen molar-refractivity contribution in [2.75, 3.05) is 12.0 Å². The Labute approximate surface area is 105 Å². The van der Waals surface area contributed by atoms with Crippen molar-refractivity contribution < 1.29 is 4.79 Å². The lowest BCUT2D eigenvalue weighted by Crippen LogP contribution is -2.05. The fourth-order valence-corrected chi connectivity index (χ4v) is 3.18. The highest BCUT2D eigenvalue weighted by Crippen LogP contribution is 2.32. The molecule has 0 radical (unpaired) electrons. The van der Waals surface area contributed by atoms with Gasteiger partial charge in [-0.1, -0.05) is 60.7 Å². The van der Waals surface area contributed by atoms with E-state index in [1.807, 2.05) is 48.5 Å². The molecule has 17 heavy (non-hydrogen) atoms. The summed E-state index contributed by atoms with van der Waals surface area (Å²) in [6.45, 7) is 0. The van der Waals surface area contributed by atoms with Gasteiger partial charge in [0.05, 0.1) is 0 Å². The minimum absolute atomic E-state index is 0.239. The maximum absolute atomic E-state index is 12.0. The third kappa shape index (κ3) is 3.21. The van der Waals surface area contributed by atoms with Crippen LogP contribution >= 0.6 is 10.9 Å². The van der Waals surface area contributed by atoms with Crippen LogP contribution < -0.4 is 0 Å². The number of carbonyl (C=O) groups excluding carboxylic acids is 1. The molecule has 0 aliphatic heterocycles. The summed E-state index contributed by atoms with van der Waals surface area (Å²) >= 11 is 0. The largest absolute Gasteiger partial charge is 0.293 e. The van der Waals surface area contributed by atoms with Gasteiger partial charge in [0.15, 0.2) is 5.78 Å². The van der Waals surface area contributed by atoms with Crippen LogP contribution in [0.5, 0.6) is 0 Å². The van der Waals surface area contributed by atoms with Gasteiger partial charge in [-0.15, -0.1) is 0 Å². The summed E-state index contributed by atoms with van der Waals surface area (Å²) in [5, 5.41) is 0. The first-order valence-corrected chi connectivity index (χ1v) is 7.59. The molecule has 0 heterocycles. The maximum Gasteiger partial charge on any atom is 0.171 e. The lowest BCUT2D eigenvalue weighted by Gasteiger charge is -2.15. The van der Waals surface area contributed by atoms with Crippen molar-refractivity contribution >= 4 is 16.7 Å². The summed E-state index contributed by atoms with van der Waals surface area (Å²) in [7, 11) is -0.388. The number of Topliss-reactive ketones (excluding diaryl/α,β-unsaturated/α-hetero) is 1. The van der Waals surface area contributed by atoms with Gasteiger partial charge in [0, 0.05) is 11.3 Å². The van der Waals surface area contributed by atoms with E-state index in [9.17, 15) is 4.79 Å². The molecular formula is C15H16OS. The second-order valence-electron chi connectivity index (χ2n) is 3.98. The Kier molecular flexibility index (Phi) is 3.99. The Morgan fingerprint density at radius 2 is 1.47 bits per heavy atom. The zero-order chi connectivity index (χ0) is 12.1. The quantitative estimate of drug-likeness (QED) is 0.643. The highest BCUT2D eigenvalue weighted by molar-refractivity contribution is 8.17. The Hall–Kier alpha value is -1.54. The molecule has 2 aromatic carbocycles. The minimum atomic E-state index is -0.388. The molecule has 1 nitrogen and oxygen atoms in total. The van der Waals surface area contributed by atoms with Gasteiger partial charge >= 0.3 is 0 Å². The summed E-state index contributed by atoms with van der Waals surface area (Å²) in [6.07, 6.45) is 2.16. The molecule has 2 rings (SSSR count). The van der Waals surface area contributed by atoms with Crippen molar-refractivity contribution in [3.63, 3.8) is 0 Å². The number of hydrogen-bond donors (Lipinski definition) is 1. The molecule has 0 fully saturated rings. The van der Waals surface area contributed by atoms with Crippen LogP contribution in [0.1, 0.15) is 10.4 Å². The highest BCUT2D eigenvalue weighted by Gasteiger charge is 2.09. The van der Waals surface area contributed by atoms with Gasteiger partial charge in [0.25, 0.3) is 0 Å². The summed E-state index contributed by atoms with van der Waals surface area (Å²) in [6, 6.07) is 19.8. The summed E-state index contributed by atoms with van der Waals surface area (Å²) in [4.78, 5) is 13.3. The SMILES string of the molecule is C[SH](CC(=O)c1ccccc1)c1ccccc1. The molecule has 0 spiro atoms. The summed E-state index contributed by atoms with van der Waals surface area (Å²) in [5.74, 6) is 0.867. The monoisotopic (exact) mass is 244 g/mol. The molecule has 0 aliphatic rings. The molecular weight excluding hydrogens is 228 g/mol. The van der Waals surface area contributed by atoms with Gasteiger partial charge in [-0.05, 0) is 11.2 Å². The predicted octanol–water partition coefficient (Wildman–Crippen LogP) is 3.56. The van der Waals surface area contributed by atoms with Gasteiger partial charge in [-0.3, -0.25) is 4.79 Å². The molecule has 0 amide bonds. The normalized spacial score (nSPS) is 13.1. The molecule has 0 saturated carbocycles. The number of carbonyl (C=O) groups is 1. The molecule has 88 valence electrons.